The smallest absolute Gasteiger partial charge is 0.312 e. The number of anilines is 1. The molecule has 0 bridgehead atoms. The summed E-state index contributed by atoms with van der Waals surface area (Å²) in [5.74, 6) is -0.708. The standard InChI is InChI=1S/C20H17F3N2O/c1-2-14-12-25(17-8-4-7-16(10-17)20(21,22)23)19(26)18(14)15-6-3-5-13(9-15)11-24/h3-10,14,18H,2,12H2,1H3. The molecule has 0 radical (unpaired) electrons. The van der Waals surface area contributed by atoms with Gasteiger partial charge in [-0.25, -0.2) is 0 Å². The quantitative estimate of drug-likeness (QED) is 0.796. The Balaban J connectivity index is 1.97. The number of amides is 1. The lowest BCUT2D eigenvalue weighted by atomic mass is 9.86. The van der Waals surface area contributed by atoms with Crippen molar-refractivity contribution in [2.45, 2.75) is 25.4 Å². The topological polar surface area (TPSA) is 44.1 Å². The third-order valence-corrected chi connectivity index (χ3v) is 4.80. The SMILES string of the molecule is CCC1CN(c2cccc(C(F)(F)F)c2)C(=O)C1c1cccc(C#N)c1. The molecule has 1 amide bonds. The van der Waals surface area contributed by atoms with Gasteiger partial charge in [0.25, 0.3) is 0 Å². The van der Waals surface area contributed by atoms with Crippen molar-refractivity contribution in [1.29, 1.82) is 5.26 Å². The summed E-state index contributed by atoms with van der Waals surface area (Å²) in [6.07, 6.45) is -3.74. The summed E-state index contributed by atoms with van der Waals surface area (Å²) >= 11 is 0. The summed E-state index contributed by atoms with van der Waals surface area (Å²) < 4.78 is 39.0. The summed E-state index contributed by atoms with van der Waals surface area (Å²) in [5.41, 5.74) is 0.672. The Bertz CT molecular complexity index is 870. The van der Waals surface area contributed by atoms with Gasteiger partial charge >= 0.3 is 6.18 Å². The zero-order chi connectivity index (χ0) is 18.9. The van der Waals surface area contributed by atoms with Crippen molar-refractivity contribution < 1.29 is 18.0 Å². The van der Waals surface area contributed by atoms with E-state index in [0.29, 0.717) is 18.5 Å². The van der Waals surface area contributed by atoms with Crippen molar-refractivity contribution >= 4 is 11.6 Å². The monoisotopic (exact) mass is 358 g/mol. The summed E-state index contributed by atoms with van der Waals surface area (Å²) in [5, 5.41) is 9.08. The molecule has 3 rings (SSSR count). The van der Waals surface area contributed by atoms with Crippen LogP contribution in [0.1, 0.15) is 36.0 Å². The maximum absolute atomic E-state index is 13.0. The van der Waals surface area contributed by atoms with E-state index < -0.39 is 17.7 Å². The molecule has 1 heterocycles. The lowest BCUT2D eigenvalue weighted by Gasteiger charge is -2.18. The highest BCUT2D eigenvalue weighted by Gasteiger charge is 2.41. The average molecular weight is 358 g/mol. The number of hydrogen-bond acceptors (Lipinski definition) is 2. The molecular formula is C20H17F3N2O. The number of carbonyl (C=O) groups excluding carboxylic acids is 1. The molecule has 26 heavy (non-hydrogen) atoms. The first-order valence-corrected chi connectivity index (χ1v) is 8.34. The maximum Gasteiger partial charge on any atom is 0.416 e. The molecule has 0 N–H and O–H groups in total. The Morgan fingerprint density at radius 1 is 1.19 bits per heavy atom. The molecule has 1 aliphatic heterocycles. The number of benzene rings is 2. The van der Waals surface area contributed by atoms with E-state index in [1.54, 1.807) is 24.3 Å². The minimum absolute atomic E-state index is 0.0222. The number of rotatable bonds is 3. The predicted molar refractivity (Wildman–Crippen MR) is 91.5 cm³/mol. The summed E-state index contributed by atoms with van der Waals surface area (Å²) in [6, 6.07) is 13.8. The second kappa shape index (κ2) is 6.83. The zero-order valence-electron chi connectivity index (χ0n) is 14.1. The van der Waals surface area contributed by atoms with E-state index in [-0.39, 0.29) is 17.5 Å². The Kier molecular flexibility index (Phi) is 4.73. The van der Waals surface area contributed by atoms with Crippen molar-refractivity contribution in [3.05, 3.63) is 65.2 Å². The van der Waals surface area contributed by atoms with Gasteiger partial charge in [0.2, 0.25) is 5.91 Å². The first-order valence-electron chi connectivity index (χ1n) is 8.34. The fourth-order valence-corrected chi connectivity index (χ4v) is 3.46. The molecule has 2 unspecified atom stereocenters. The van der Waals surface area contributed by atoms with E-state index in [1.807, 2.05) is 6.92 Å². The molecule has 3 nitrogen and oxygen atoms in total. The highest BCUT2D eigenvalue weighted by atomic mass is 19.4. The van der Waals surface area contributed by atoms with Crippen molar-refractivity contribution in [2.75, 3.05) is 11.4 Å². The highest BCUT2D eigenvalue weighted by Crippen LogP contribution is 2.40. The van der Waals surface area contributed by atoms with Crippen molar-refractivity contribution in [3.8, 4) is 6.07 Å². The van der Waals surface area contributed by atoms with E-state index in [0.717, 1.165) is 17.7 Å². The van der Waals surface area contributed by atoms with Crippen LogP contribution < -0.4 is 4.90 Å². The van der Waals surface area contributed by atoms with Gasteiger partial charge in [-0.15, -0.1) is 0 Å². The van der Waals surface area contributed by atoms with Crippen molar-refractivity contribution in [1.82, 2.24) is 0 Å². The Morgan fingerprint density at radius 3 is 2.58 bits per heavy atom. The minimum atomic E-state index is -4.45. The van der Waals surface area contributed by atoms with Crippen LogP contribution in [0, 0.1) is 17.2 Å². The fourth-order valence-electron chi connectivity index (χ4n) is 3.46. The molecular weight excluding hydrogens is 341 g/mol. The Morgan fingerprint density at radius 2 is 1.92 bits per heavy atom. The van der Waals surface area contributed by atoms with Crippen LogP contribution in [0.2, 0.25) is 0 Å². The van der Waals surface area contributed by atoms with Gasteiger partial charge in [0, 0.05) is 12.2 Å². The fraction of sp³-hybridized carbons (Fsp3) is 0.300. The molecule has 134 valence electrons. The van der Waals surface area contributed by atoms with Crippen LogP contribution in [-0.4, -0.2) is 12.5 Å². The number of carbonyl (C=O) groups is 1. The van der Waals surface area contributed by atoms with Gasteiger partial charge in [-0.05, 0) is 41.8 Å². The molecule has 0 aliphatic carbocycles. The molecule has 0 saturated carbocycles. The van der Waals surface area contributed by atoms with E-state index in [1.165, 1.54) is 17.0 Å². The number of nitriles is 1. The number of alkyl halides is 3. The third-order valence-electron chi connectivity index (χ3n) is 4.80. The van der Waals surface area contributed by atoms with Gasteiger partial charge in [-0.3, -0.25) is 4.79 Å². The van der Waals surface area contributed by atoms with E-state index in [2.05, 4.69) is 6.07 Å². The summed E-state index contributed by atoms with van der Waals surface area (Å²) in [6.45, 7) is 2.31. The van der Waals surface area contributed by atoms with Gasteiger partial charge in [0.1, 0.15) is 0 Å². The van der Waals surface area contributed by atoms with Gasteiger partial charge in [0.05, 0.1) is 23.1 Å². The maximum atomic E-state index is 13.0. The molecule has 1 fully saturated rings. The second-order valence-electron chi connectivity index (χ2n) is 6.38. The number of halogens is 3. The van der Waals surface area contributed by atoms with Crippen LogP contribution in [0.4, 0.5) is 18.9 Å². The minimum Gasteiger partial charge on any atom is -0.312 e. The van der Waals surface area contributed by atoms with Crippen LogP contribution in [0.15, 0.2) is 48.5 Å². The number of nitrogens with zero attached hydrogens (tertiary/aromatic N) is 2. The van der Waals surface area contributed by atoms with Gasteiger partial charge in [0.15, 0.2) is 0 Å². The van der Waals surface area contributed by atoms with Gasteiger partial charge in [-0.2, -0.15) is 18.4 Å². The summed E-state index contributed by atoms with van der Waals surface area (Å²) in [4.78, 5) is 14.4. The first-order chi connectivity index (χ1) is 12.3. The molecule has 2 atom stereocenters. The van der Waals surface area contributed by atoms with Gasteiger partial charge in [-0.1, -0.05) is 31.5 Å². The molecule has 2 aromatic carbocycles. The van der Waals surface area contributed by atoms with Crippen molar-refractivity contribution in [3.63, 3.8) is 0 Å². The lowest BCUT2D eigenvalue weighted by Crippen LogP contribution is -2.26. The van der Waals surface area contributed by atoms with E-state index in [4.69, 9.17) is 5.26 Å². The summed E-state index contributed by atoms with van der Waals surface area (Å²) in [7, 11) is 0. The van der Waals surface area contributed by atoms with Crippen molar-refractivity contribution in [2.24, 2.45) is 5.92 Å². The molecule has 2 aromatic rings. The van der Waals surface area contributed by atoms with E-state index in [9.17, 15) is 18.0 Å². The molecule has 0 spiro atoms. The molecule has 0 aromatic heterocycles. The normalized spacial score (nSPS) is 20.3. The predicted octanol–water partition coefficient (Wildman–Crippen LogP) is 4.73. The van der Waals surface area contributed by atoms with Crippen LogP contribution in [0.25, 0.3) is 0 Å². The van der Waals surface area contributed by atoms with Crippen LogP contribution in [0.3, 0.4) is 0 Å². The lowest BCUT2D eigenvalue weighted by molar-refractivity contribution is -0.137. The molecule has 1 aliphatic rings. The first kappa shape index (κ1) is 18.0. The van der Waals surface area contributed by atoms with E-state index >= 15 is 0 Å². The largest absolute Gasteiger partial charge is 0.416 e. The zero-order valence-corrected chi connectivity index (χ0v) is 14.1. The molecule has 6 heteroatoms. The Labute approximate surface area is 149 Å². The average Bonchev–Trinajstić information content (AvgIpc) is 2.97. The number of hydrogen-bond donors (Lipinski definition) is 0. The van der Waals surface area contributed by atoms with Crippen LogP contribution in [0.5, 0.6) is 0 Å². The van der Waals surface area contributed by atoms with Crippen LogP contribution >= 0.6 is 0 Å². The third kappa shape index (κ3) is 3.30. The highest BCUT2D eigenvalue weighted by molar-refractivity contribution is 6.00. The van der Waals surface area contributed by atoms with Gasteiger partial charge < -0.3 is 4.90 Å². The Hall–Kier alpha value is -2.81. The molecule has 1 saturated heterocycles. The van der Waals surface area contributed by atoms with Crippen LogP contribution in [-0.2, 0) is 11.0 Å². The second-order valence-corrected chi connectivity index (χ2v) is 6.38.